The van der Waals surface area contributed by atoms with Gasteiger partial charge in [0.25, 0.3) is 0 Å². The van der Waals surface area contributed by atoms with Crippen LogP contribution in [0.5, 0.6) is 0 Å². The second kappa shape index (κ2) is 4.21. The summed E-state index contributed by atoms with van der Waals surface area (Å²) in [6, 6.07) is 0. The fourth-order valence-electron chi connectivity index (χ4n) is 1.58. The SMILES string of the molecule is CC1CC(=O)N(CC(C)(O)C(=O)O)C(=O)C1. The van der Waals surface area contributed by atoms with E-state index in [-0.39, 0.29) is 18.8 Å². The number of β-amino-alcohol motifs (C(OH)–C–C–N with tert-alkyl or cyclic N) is 1. The molecule has 0 aromatic rings. The molecule has 6 nitrogen and oxygen atoms in total. The minimum atomic E-state index is -2.09. The van der Waals surface area contributed by atoms with Gasteiger partial charge in [-0.1, -0.05) is 6.92 Å². The quantitative estimate of drug-likeness (QED) is 0.642. The van der Waals surface area contributed by atoms with Crippen LogP contribution in [0.3, 0.4) is 0 Å². The third kappa shape index (κ3) is 2.57. The molecule has 2 amide bonds. The van der Waals surface area contributed by atoms with Gasteiger partial charge in [0.15, 0.2) is 5.60 Å². The number of hydrogen-bond acceptors (Lipinski definition) is 4. The molecule has 0 spiro atoms. The van der Waals surface area contributed by atoms with Crippen LogP contribution in [0, 0.1) is 5.92 Å². The number of aliphatic carboxylic acids is 1. The van der Waals surface area contributed by atoms with E-state index < -0.39 is 29.9 Å². The molecule has 1 aliphatic heterocycles. The summed E-state index contributed by atoms with van der Waals surface area (Å²) in [5.41, 5.74) is -2.09. The highest BCUT2D eigenvalue weighted by Gasteiger charge is 2.39. The Kier molecular flexibility index (Phi) is 3.32. The predicted molar refractivity (Wildman–Crippen MR) is 53.4 cm³/mol. The zero-order valence-electron chi connectivity index (χ0n) is 9.27. The van der Waals surface area contributed by atoms with E-state index in [9.17, 15) is 19.5 Å². The van der Waals surface area contributed by atoms with Crippen molar-refractivity contribution in [2.24, 2.45) is 5.92 Å². The lowest BCUT2D eigenvalue weighted by atomic mass is 9.96. The average Bonchev–Trinajstić information content (AvgIpc) is 2.11. The highest BCUT2D eigenvalue weighted by Crippen LogP contribution is 2.20. The van der Waals surface area contributed by atoms with Gasteiger partial charge in [0, 0.05) is 12.8 Å². The van der Waals surface area contributed by atoms with E-state index in [0.717, 1.165) is 11.8 Å². The van der Waals surface area contributed by atoms with Gasteiger partial charge >= 0.3 is 5.97 Å². The molecule has 6 heteroatoms. The number of amides is 2. The number of rotatable bonds is 3. The molecule has 16 heavy (non-hydrogen) atoms. The van der Waals surface area contributed by atoms with Crippen LogP contribution in [0.2, 0.25) is 0 Å². The molecular formula is C10H15NO5. The molecular weight excluding hydrogens is 214 g/mol. The maximum Gasteiger partial charge on any atom is 0.337 e. The van der Waals surface area contributed by atoms with Crippen molar-refractivity contribution >= 4 is 17.8 Å². The van der Waals surface area contributed by atoms with Gasteiger partial charge in [-0.2, -0.15) is 0 Å². The number of carbonyl (C=O) groups excluding carboxylic acids is 2. The Hall–Kier alpha value is -1.43. The number of hydrogen-bond donors (Lipinski definition) is 2. The molecule has 2 N–H and O–H groups in total. The van der Waals surface area contributed by atoms with E-state index >= 15 is 0 Å². The summed E-state index contributed by atoms with van der Waals surface area (Å²) in [5.74, 6) is -2.33. The van der Waals surface area contributed by atoms with E-state index in [1.54, 1.807) is 6.92 Å². The summed E-state index contributed by atoms with van der Waals surface area (Å²) in [5, 5.41) is 18.2. The third-order valence-corrected chi connectivity index (χ3v) is 2.58. The minimum Gasteiger partial charge on any atom is -0.479 e. The molecule has 0 saturated carbocycles. The molecule has 1 atom stereocenters. The van der Waals surface area contributed by atoms with Crippen LogP contribution in [0.1, 0.15) is 26.7 Å². The van der Waals surface area contributed by atoms with Crippen molar-refractivity contribution in [3.8, 4) is 0 Å². The number of carboxylic acids is 1. The van der Waals surface area contributed by atoms with E-state index in [1.165, 1.54) is 0 Å². The van der Waals surface area contributed by atoms with Crippen LogP contribution in [-0.2, 0) is 14.4 Å². The first-order chi connectivity index (χ1) is 7.24. The minimum absolute atomic E-state index is 0.0222. The summed E-state index contributed by atoms with van der Waals surface area (Å²) in [7, 11) is 0. The molecule has 1 fully saturated rings. The van der Waals surface area contributed by atoms with Crippen LogP contribution in [-0.4, -0.2) is 45.0 Å². The van der Waals surface area contributed by atoms with E-state index in [4.69, 9.17) is 5.11 Å². The maximum atomic E-state index is 11.5. The van der Waals surface area contributed by atoms with Crippen molar-refractivity contribution in [2.45, 2.75) is 32.3 Å². The van der Waals surface area contributed by atoms with Gasteiger partial charge in [-0.25, -0.2) is 4.79 Å². The van der Waals surface area contributed by atoms with Gasteiger partial charge < -0.3 is 10.2 Å². The number of carbonyl (C=O) groups is 3. The van der Waals surface area contributed by atoms with Crippen LogP contribution < -0.4 is 0 Å². The number of nitrogens with zero attached hydrogens (tertiary/aromatic N) is 1. The molecule has 0 bridgehead atoms. The summed E-state index contributed by atoms with van der Waals surface area (Å²) >= 11 is 0. The second-order valence-electron chi connectivity index (χ2n) is 4.47. The number of carboxylic acid groups (broad SMARTS) is 1. The van der Waals surface area contributed by atoms with Gasteiger partial charge in [0.1, 0.15) is 0 Å². The van der Waals surface area contributed by atoms with Crippen molar-refractivity contribution in [1.82, 2.24) is 4.90 Å². The number of imide groups is 1. The first-order valence-corrected chi connectivity index (χ1v) is 5.03. The summed E-state index contributed by atoms with van der Waals surface area (Å²) in [6.45, 7) is 2.35. The lowest BCUT2D eigenvalue weighted by Gasteiger charge is -2.32. The molecule has 1 aliphatic rings. The van der Waals surface area contributed by atoms with Gasteiger partial charge in [-0.05, 0) is 12.8 Å². The molecule has 1 saturated heterocycles. The van der Waals surface area contributed by atoms with E-state index in [0.29, 0.717) is 0 Å². The van der Waals surface area contributed by atoms with Gasteiger partial charge in [-0.15, -0.1) is 0 Å². The van der Waals surface area contributed by atoms with Gasteiger partial charge in [-0.3, -0.25) is 14.5 Å². The molecule has 1 unspecified atom stereocenters. The molecule has 1 rings (SSSR count). The van der Waals surface area contributed by atoms with Gasteiger partial charge in [0.2, 0.25) is 11.8 Å². The normalized spacial score (nSPS) is 22.1. The van der Waals surface area contributed by atoms with Crippen molar-refractivity contribution in [2.75, 3.05) is 6.54 Å². The summed E-state index contributed by atoms with van der Waals surface area (Å²) in [6.07, 6.45) is 0.420. The topological polar surface area (TPSA) is 94.9 Å². The second-order valence-corrected chi connectivity index (χ2v) is 4.47. The molecule has 0 aliphatic carbocycles. The van der Waals surface area contributed by atoms with Crippen molar-refractivity contribution in [1.29, 1.82) is 0 Å². The molecule has 0 radical (unpaired) electrons. The summed E-state index contributed by atoms with van der Waals surface area (Å²) < 4.78 is 0. The Morgan fingerprint density at radius 3 is 2.25 bits per heavy atom. The Labute approximate surface area is 92.9 Å². The molecule has 1 heterocycles. The van der Waals surface area contributed by atoms with Gasteiger partial charge in [0.05, 0.1) is 6.54 Å². The van der Waals surface area contributed by atoms with Crippen LogP contribution in [0.4, 0.5) is 0 Å². The van der Waals surface area contributed by atoms with Crippen molar-refractivity contribution in [3.63, 3.8) is 0 Å². The Morgan fingerprint density at radius 2 is 1.88 bits per heavy atom. The van der Waals surface area contributed by atoms with Crippen LogP contribution in [0.15, 0.2) is 0 Å². The van der Waals surface area contributed by atoms with Crippen molar-refractivity contribution < 1.29 is 24.6 Å². The van der Waals surface area contributed by atoms with E-state index in [1.807, 2.05) is 0 Å². The lowest BCUT2D eigenvalue weighted by Crippen LogP contribution is -2.53. The Balaban J connectivity index is 2.77. The first kappa shape index (κ1) is 12.6. The summed E-state index contributed by atoms with van der Waals surface area (Å²) in [4.78, 5) is 34.5. The smallest absolute Gasteiger partial charge is 0.337 e. The Morgan fingerprint density at radius 1 is 1.44 bits per heavy atom. The average molecular weight is 229 g/mol. The standard InChI is InChI=1S/C10H15NO5/c1-6-3-7(12)11(8(13)4-6)5-10(2,16)9(14)15/h6,16H,3-5H2,1-2H3,(H,14,15). The Bertz CT molecular complexity index is 318. The van der Waals surface area contributed by atoms with Crippen LogP contribution >= 0.6 is 0 Å². The number of aliphatic hydroxyl groups is 1. The largest absolute Gasteiger partial charge is 0.479 e. The zero-order chi connectivity index (χ0) is 12.5. The highest BCUT2D eigenvalue weighted by molar-refractivity contribution is 5.98. The maximum absolute atomic E-state index is 11.5. The predicted octanol–water partition coefficient (Wildman–Crippen LogP) is -0.393. The first-order valence-electron chi connectivity index (χ1n) is 5.03. The number of piperidine rings is 1. The fourth-order valence-corrected chi connectivity index (χ4v) is 1.58. The number of likely N-dealkylation sites (tertiary alicyclic amines) is 1. The van der Waals surface area contributed by atoms with Crippen molar-refractivity contribution in [3.05, 3.63) is 0 Å². The monoisotopic (exact) mass is 229 g/mol. The molecule has 90 valence electrons. The lowest BCUT2D eigenvalue weighted by molar-refractivity contribution is -0.164. The zero-order valence-corrected chi connectivity index (χ0v) is 9.27. The molecule has 0 aromatic carbocycles. The van der Waals surface area contributed by atoms with E-state index in [2.05, 4.69) is 0 Å². The van der Waals surface area contributed by atoms with Crippen LogP contribution in [0.25, 0.3) is 0 Å². The third-order valence-electron chi connectivity index (χ3n) is 2.58. The fraction of sp³-hybridized carbons (Fsp3) is 0.700. The highest BCUT2D eigenvalue weighted by atomic mass is 16.4. The molecule has 0 aromatic heterocycles.